The summed E-state index contributed by atoms with van der Waals surface area (Å²) >= 11 is 3.45. The lowest BCUT2D eigenvalue weighted by atomic mass is 9.70. The van der Waals surface area contributed by atoms with Crippen molar-refractivity contribution in [2.75, 3.05) is 12.3 Å². The number of fused-ring (bicyclic) bond motifs is 2. The summed E-state index contributed by atoms with van der Waals surface area (Å²) in [6.45, 7) is 6.05. The van der Waals surface area contributed by atoms with E-state index in [9.17, 15) is 13.2 Å². The van der Waals surface area contributed by atoms with Gasteiger partial charge in [-0.05, 0) is 24.2 Å². The van der Waals surface area contributed by atoms with Crippen LogP contribution in [0.4, 0.5) is 0 Å². The van der Waals surface area contributed by atoms with Gasteiger partial charge in [0.1, 0.15) is 0 Å². The lowest BCUT2D eigenvalue weighted by Crippen LogP contribution is -2.43. The highest BCUT2D eigenvalue weighted by molar-refractivity contribution is 9.10. The van der Waals surface area contributed by atoms with E-state index in [1.165, 1.54) is 0 Å². The van der Waals surface area contributed by atoms with Gasteiger partial charge in [-0.25, -0.2) is 13.1 Å². The fourth-order valence-electron chi connectivity index (χ4n) is 3.75. The van der Waals surface area contributed by atoms with Gasteiger partial charge in [-0.2, -0.15) is 0 Å². The average Bonchev–Trinajstić information content (AvgIpc) is 2.54. The molecule has 0 aromatic rings. The van der Waals surface area contributed by atoms with Crippen LogP contribution in [0.5, 0.6) is 0 Å². The van der Waals surface area contributed by atoms with Gasteiger partial charge < -0.3 is 0 Å². The van der Waals surface area contributed by atoms with Gasteiger partial charge in [0.2, 0.25) is 10.0 Å². The highest BCUT2D eigenvalue weighted by Gasteiger charge is 2.68. The molecule has 0 aromatic heterocycles. The van der Waals surface area contributed by atoms with Crippen LogP contribution >= 0.6 is 15.9 Å². The fourth-order valence-corrected chi connectivity index (χ4v) is 6.97. The molecule has 0 saturated heterocycles. The summed E-state index contributed by atoms with van der Waals surface area (Å²) in [6, 6.07) is 0. The quantitative estimate of drug-likeness (QED) is 0.794. The van der Waals surface area contributed by atoms with Gasteiger partial charge in [-0.3, -0.25) is 4.79 Å². The lowest BCUT2D eigenvalue weighted by molar-refractivity contribution is -0.127. The molecule has 0 unspecified atom stereocenters. The minimum absolute atomic E-state index is 0.0445. The van der Waals surface area contributed by atoms with Crippen LogP contribution in [0.2, 0.25) is 0 Å². The Bertz CT molecular complexity index is 478. The highest BCUT2D eigenvalue weighted by Crippen LogP contribution is 2.65. The van der Waals surface area contributed by atoms with Gasteiger partial charge in [-0.1, -0.05) is 36.7 Å². The van der Waals surface area contributed by atoms with Crippen molar-refractivity contribution >= 4 is 31.7 Å². The molecular weight excluding hydrogens is 318 g/mol. The Kier molecular flexibility index (Phi) is 3.44. The largest absolute Gasteiger partial charge is 0.298 e. The first-order valence-corrected chi connectivity index (χ1v) is 8.90. The Morgan fingerprint density at radius 1 is 1.44 bits per heavy atom. The number of hydrogen-bond donors (Lipinski definition) is 1. The van der Waals surface area contributed by atoms with Gasteiger partial charge in [0.15, 0.2) is 5.78 Å². The van der Waals surface area contributed by atoms with Crippen LogP contribution in [0.3, 0.4) is 0 Å². The molecule has 0 spiro atoms. The molecule has 2 aliphatic rings. The molecule has 104 valence electrons. The minimum atomic E-state index is -3.31. The Labute approximate surface area is 117 Å². The number of Topliss-reactive ketones (excluding diaryl/α,β-unsaturated/α-hetero) is 1. The summed E-state index contributed by atoms with van der Waals surface area (Å²) in [7, 11) is -3.31. The third-order valence-electron chi connectivity index (χ3n) is 5.04. The fraction of sp³-hybridized carbons (Fsp3) is 0.917. The van der Waals surface area contributed by atoms with E-state index >= 15 is 0 Å². The number of alkyl halides is 1. The van der Waals surface area contributed by atoms with Crippen molar-refractivity contribution in [2.24, 2.45) is 16.7 Å². The molecule has 2 fully saturated rings. The van der Waals surface area contributed by atoms with E-state index in [4.69, 9.17) is 0 Å². The molecule has 6 heteroatoms. The number of rotatable bonds is 4. The van der Waals surface area contributed by atoms with Crippen LogP contribution in [-0.2, 0) is 14.8 Å². The van der Waals surface area contributed by atoms with Crippen molar-refractivity contribution in [1.29, 1.82) is 0 Å². The molecule has 4 nitrogen and oxygen atoms in total. The second-order valence-electron chi connectivity index (χ2n) is 5.92. The van der Waals surface area contributed by atoms with E-state index in [2.05, 4.69) is 20.7 Å². The number of carbonyl (C=O) groups is 1. The summed E-state index contributed by atoms with van der Waals surface area (Å²) in [5, 5.41) is 0. The molecular formula is C12H20BrNO3S. The van der Waals surface area contributed by atoms with Crippen molar-refractivity contribution in [3.8, 4) is 0 Å². The zero-order valence-electron chi connectivity index (χ0n) is 11.0. The van der Waals surface area contributed by atoms with E-state index in [0.717, 1.165) is 12.8 Å². The highest BCUT2D eigenvalue weighted by atomic mass is 79.9. The number of nitrogens with one attached hydrogen (secondary N) is 1. The summed E-state index contributed by atoms with van der Waals surface area (Å²) in [5.41, 5.74) is -0.965. The molecule has 0 radical (unpaired) electrons. The maximum atomic E-state index is 12.3. The van der Waals surface area contributed by atoms with Crippen LogP contribution in [0, 0.1) is 16.7 Å². The van der Waals surface area contributed by atoms with Crippen LogP contribution in [0.25, 0.3) is 0 Å². The molecule has 4 atom stereocenters. The standard InChI is InChI=1S/C12H20BrNO3S/c1-4-14-18(16,17)7-12(3)8-5-6-11(12,2)10(15)9(8)13/h8-9,14H,4-7H2,1-3H3/t8-,9+,11+,12+/m0/s1. The van der Waals surface area contributed by atoms with E-state index in [0.29, 0.717) is 6.54 Å². The number of sulfonamides is 1. The van der Waals surface area contributed by atoms with Crippen molar-refractivity contribution in [3.05, 3.63) is 0 Å². The van der Waals surface area contributed by atoms with Crippen LogP contribution in [-0.4, -0.2) is 31.3 Å². The first-order valence-electron chi connectivity index (χ1n) is 6.34. The number of ketones is 1. The molecule has 18 heavy (non-hydrogen) atoms. The predicted molar refractivity (Wildman–Crippen MR) is 74.1 cm³/mol. The zero-order valence-corrected chi connectivity index (χ0v) is 13.4. The molecule has 2 saturated carbocycles. The Balaban J connectivity index is 2.35. The molecule has 0 aromatic carbocycles. The summed E-state index contributed by atoms with van der Waals surface area (Å²) in [4.78, 5) is 12.1. The molecule has 0 aliphatic heterocycles. The Morgan fingerprint density at radius 2 is 2.06 bits per heavy atom. The summed E-state index contributed by atoms with van der Waals surface area (Å²) in [5.74, 6) is 0.347. The van der Waals surface area contributed by atoms with Crippen molar-refractivity contribution in [1.82, 2.24) is 4.72 Å². The molecule has 0 amide bonds. The monoisotopic (exact) mass is 337 g/mol. The normalized spacial score (nSPS) is 43.7. The first kappa shape index (κ1) is 14.5. The van der Waals surface area contributed by atoms with Crippen molar-refractivity contribution in [3.63, 3.8) is 0 Å². The van der Waals surface area contributed by atoms with E-state index in [-0.39, 0.29) is 22.3 Å². The van der Waals surface area contributed by atoms with Crippen LogP contribution in [0.1, 0.15) is 33.6 Å². The number of hydrogen-bond acceptors (Lipinski definition) is 3. The molecule has 2 bridgehead atoms. The van der Waals surface area contributed by atoms with Crippen molar-refractivity contribution in [2.45, 2.75) is 38.4 Å². The third kappa shape index (κ3) is 1.79. The molecule has 2 aliphatic carbocycles. The maximum absolute atomic E-state index is 12.3. The summed E-state index contributed by atoms with van der Waals surface area (Å²) < 4.78 is 26.6. The smallest absolute Gasteiger partial charge is 0.212 e. The topological polar surface area (TPSA) is 63.2 Å². The van der Waals surface area contributed by atoms with Crippen LogP contribution in [0.15, 0.2) is 0 Å². The number of halogens is 1. The van der Waals surface area contributed by atoms with Gasteiger partial charge >= 0.3 is 0 Å². The second kappa shape index (κ2) is 4.28. The van der Waals surface area contributed by atoms with E-state index in [1.807, 2.05) is 13.8 Å². The predicted octanol–water partition coefficient (Wildman–Crippen LogP) is 1.69. The SMILES string of the molecule is CCNS(=O)(=O)C[C@]1(C)[C@H]2CC[C@]1(C)C(=O)[C@@H]2Br. The van der Waals surface area contributed by atoms with Crippen molar-refractivity contribution < 1.29 is 13.2 Å². The lowest BCUT2D eigenvalue weighted by Gasteiger charge is -2.36. The molecule has 0 heterocycles. The van der Waals surface area contributed by atoms with Gasteiger partial charge in [-0.15, -0.1) is 0 Å². The average molecular weight is 338 g/mol. The molecule has 1 N–H and O–H groups in total. The number of carbonyl (C=O) groups excluding carboxylic acids is 1. The minimum Gasteiger partial charge on any atom is -0.298 e. The van der Waals surface area contributed by atoms with E-state index in [1.54, 1.807) is 6.92 Å². The third-order valence-corrected chi connectivity index (χ3v) is 7.80. The first-order chi connectivity index (χ1) is 8.18. The van der Waals surface area contributed by atoms with E-state index < -0.39 is 20.9 Å². The Hall–Kier alpha value is 0.0600. The Morgan fingerprint density at radius 3 is 2.50 bits per heavy atom. The van der Waals surface area contributed by atoms with Gasteiger partial charge in [0, 0.05) is 12.0 Å². The van der Waals surface area contributed by atoms with Gasteiger partial charge in [0.05, 0.1) is 10.6 Å². The summed E-state index contributed by atoms with van der Waals surface area (Å²) in [6.07, 6.45) is 1.73. The second-order valence-corrected chi connectivity index (χ2v) is 8.71. The maximum Gasteiger partial charge on any atom is 0.212 e. The molecule has 2 rings (SSSR count). The van der Waals surface area contributed by atoms with Gasteiger partial charge in [0.25, 0.3) is 0 Å². The van der Waals surface area contributed by atoms with Crippen LogP contribution < -0.4 is 4.72 Å². The zero-order chi connectivity index (χ0) is 13.8.